The monoisotopic (exact) mass is 336 g/mol. The first-order chi connectivity index (χ1) is 11.1. The van der Waals surface area contributed by atoms with E-state index in [0.717, 1.165) is 25.7 Å². The highest BCUT2D eigenvalue weighted by Gasteiger charge is 2.46. The van der Waals surface area contributed by atoms with Crippen LogP contribution in [0, 0.1) is 17.8 Å². The summed E-state index contributed by atoms with van der Waals surface area (Å²) in [6, 6.07) is 0. The molecule has 0 amide bonds. The predicted molar refractivity (Wildman–Crippen MR) is 84.6 cm³/mol. The van der Waals surface area contributed by atoms with Crippen molar-refractivity contribution in [2.24, 2.45) is 17.8 Å². The van der Waals surface area contributed by atoms with Crippen LogP contribution in [0.25, 0.3) is 0 Å². The maximum Gasteiger partial charge on any atom is 0.136 e. The van der Waals surface area contributed by atoms with Crippen LogP contribution in [0.15, 0.2) is 0 Å². The molecule has 0 radical (unpaired) electrons. The van der Waals surface area contributed by atoms with Gasteiger partial charge < -0.3 is 9.84 Å². The Kier molecular flexibility index (Phi) is 7.67. The first-order valence-corrected chi connectivity index (χ1v) is 9.23. The molecule has 5 heteroatoms. The first-order valence-electron chi connectivity index (χ1n) is 9.23. The molecule has 0 saturated heterocycles. The van der Waals surface area contributed by atoms with Gasteiger partial charge in [-0.2, -0.15) is 0 Å². The molecule has 0 aliphatic heterocycles. The minimum Gasteiger partial charge on any atom is -0.396 e. The molecule has 2 fully saturated rings. The minimum atomic E-state index is -1.66. The van der Waals surface area contributed by atoms with E-state index in [1.165, 1.54) is 0 Å². The molecule has 0 bridgehead atoms. The Bertz CT molecular complexity index is 342. The molecule has 2 rings (SSSR count). The Morgan fingerprint density at radius 3 is 2.35 bits per heavy atom. The van der Waals surface area contributed by atoms with Gasteiger partial charge in [0.25, 0.3) is 0 Å². The topological polar surface area (TPSA) is 29.5 Å². The molecule has 0 aromatic heterocycles. The molecule has 7 unspecified atom stereocenters. The second kappa shape index (κ2) is 9.26. The molecule has 0 spiro atoms. The van der Waals surface area contributed by atoms with Gasteiger partial charge in [-0.15, -0.1) is 0 Å². The predicted octanol–water partition coefficient (Wildman–Crippen LogP) is 4.39. The summed E-state index contributed by atoms with van der Waals surface area (Å²) in [6.07, 6.45) is 1.28. The molecule has 2 aliphatic rings. The maximum absolute atomic E-state index is 14.5. The van der Waals surface area contributed by atoms with Gasteiger partial charge in [0.15, 0.2) is 0 Å². The number of rotatable bonds is 7. The van der Waals surface area contributed by atoms with Crippen molar-refractivity contribution in [3.63, 3.8) is 0 Å². The van der Waals surface area contributed by atoms with E-state index in [1.54, 1.807) is 0 Å². The third kappa shape index (κ3) is 4.85. The molecule has 136 valence electrons. The van der Waals surface area contributed by atoms with E-state index < -0.39 is 36.3 Å². The van der Waals surface area contributed by atoms with Gasteiger partial charge >= 0.3 is 0 Å². The number of ether oxygens (including phenoxy) is 1. The third-order valence-corrected chi connectivity index (χ3v) is 5.69. The normalized spacial score (nSPS) is 41.9. The average molecular weight is 336 g/mol. The molecule has 2 saturated carbocycles. The summed E-state index contributed by atoms with van der Waals surface area (Å²) in [5, 5.41) is 9.09. The lowest BCUT2D eigenvalue weighted by atomic mass is 9.68. The smallest absolute Gasteiger partial charge is 0.136 e. The van der Waals surface area contributed by atoms with Gasteiger partial charge in [-0.1, -0.05) is 19.8 Å². The molecule has 0 heterocycles. The second-order valence-electron chi connectivity index (χ2n) is 7.27. The number of alkyl halides is 3. The largest absolute Gasteiger partial charge is 0.396 e. The summed E-state index contributed by atoms with van der Waals surface area (Å²) in [6.45, 7) is 2.46. The van der Waals surface area contributed by atoms with Crippen LogP contribution in [0.1, 0.15) is 58.3 Å². The molecule has 7 atom stereocenters. The van der Waals surface area contributed by atoms with Gasteiger partial charge in [-0.3, -0.25) is 0 Å². The molecular formula is C18H31F3O2. The fraction of sp³-hybridized carbons (Fsp3) is 1.00. The second-order valence-corrected chi connectivity index (χ2v) is 7.27. The van der Waals surface area contributed by atoms with E-state index in [4.69, 9.17) is 9.84 Å². The third-order valence-electron chi connectivity index (χ3n) is 5.69. The SMILES string of the molecule is CCCCCOC1CCC(C2CCC(CO)C(F)C2F)C(F)C1. The van der Waals surface area contributed by atoms with Crippen molar-refractivity contribution in [1.82, 2.24) is 0 Å². The number of hydrogen-bond acceptors (Lipinski definition) is 2. The van der Waals surface area contributed by atoms with E-state index >= 15 is 0 Å². The van der Waals surface area contributed by atoms with Crippen molar-refractivity contribution < 1.29 is 23.0 Å². The summed E-state index contributed by atoms with van der Waals surface area (Å²) in [5.41, 5.74) is 0. The van der Waals surface area contributed by atoms with E-state index in [2.05, 4.69) is 6.92 Å². The number of aliphatic hydroxyl groups is 1. The van der Waals surface area contributed by atoms with Crippen molar-refractivity contribution >= 4 is 0 Å². The van der Waals surface area contributed by atoms with Crippen molar-refractivity contribution in [2.45, 2.75) is 82.9 Å². The highest BCUT2D eigenvalue weighted by molar-refractivity contribution is 4.95. The fourth-order valence-electron chi connectivity index (χ4n) is 4.20. The van der Waals surface area contributed by atoms with Gasteiger partial charge in [-0.05, 0) is 43.9 Å². The Labute approximate surface area is 137 Å². The van der Waals surface area contributed by atoms with Crippen LogP contribution in [0.3, 0.4) is 0 Å². The highest BCUT2D eigenvalue weighted by Crippen LogP contribution is 2.44. The molecule has 0 aromatic carbocycles. The molecule has 0 aromatic rings. The van der Waals surface area contributed by atoms with Crippen LogP contribution in [-0.2, 0) is 4.74 Å². The molecule has 23 heavy (non-hydrogen) atoms. The average Bonchev–Trinajstić information content (AvgIpc) is 2.55. The van der Waals surface area contributed by atoms with Crippen LogP contribution < -0.4 is 0 Å². The van der Waals surface area contributed by atoms with Crippen LogP contribution >= 0.6 is 0 Å². The summed E-state index contributed by atoms with van der Waals surface area (Å²) < 4.78 is 48.6. The zero-order valence-corrected chi connectivity index (χ0v) is 14.1. The van der Waals surface area contributed by atoms with Crippen molar-refractivity contribution in [2.75, 3.05) is 13.2 Å². The summed E-state index contributed by atoms with van der Waals surface area (Å²) in [4.78, 5) is 0. The first kappa shape index (κ1) is 19.0. The maximum atomic E-state index is 14.5. The van der Waals surface area contributed by atoms with E-state index in [9.17, 15) is 13.2 Å². The number of aliphatic hydroxyl groups excluding tert-OH is 1. The zero-order valence-electron chi connectivity index (χ0n) is 14.1. The standard InChI is InChI=1S/C18H31F3O2/c1-2-3-4-9-23-13-6-8-14(16(19)10-13)15-7-5-12(11-22)17(20)18(15)21/h12-18,22H,2-11H2,1H3. The van der Waals surface area contributed by atoms with E-state index in [1.807, 2.05) is 0 Å². The van der Waals surface area contributed by atoms with Gasteiger partial charge in [0.1, 0.15) is 18.5 Å². The van der Waals surface area contributed by atoms with Crippen LogP contribution in [-0.4, -0.2) is 42.9 Å². The summed E-state index contributed by atoms with van der Waals surface area (Å²) in [7, 11) is 0. The minimum absolute atomic E-state index is 0.0777. The lowest BCUT2D eigenvalue weighted by Crippen LogP contribution is -2.46. The Hall–Kier alpha value is -0.290. The zero-order chi connectivity index (χ0) is 16.8. The fourth-order valence-corrected chi connectivity index (χ4v) is 4.20. The van der Waals surface area contributed by atoms with Gasteiger partial charge in [0.05, 0.1) is 6.10 Å². The molecular weight excluding hydrogens is 305 g/mol. The Morgan fingerprint density at radius 2 is 1.70 bits per heavy atom. The lowest BCUT2D eigenvalue weighted by Gasteiger charge is -2.42. The number of hydrogen-bond donors (Lipinski definition) is 1. The molecule has 1 N–H and O–H groups in total. The Balaban J connectivity index is 1.81. The Morgan fingerprint density at radius 1 is 0.957 bits per heavy atom. The van der Waals surface area contributed by atoms with Crippen LogP contribution in [0.5, 0.6) is 0 Å². The van der Waals surface area contributed by atoms with Gasteiger partial charge in [0.2, 0.25) is 0 Å². The van der Waals surface area contributed by atoms with Crippen LogP contribution in [0.4, 0.5) is 13.2 Å². The van der Waals surface area contributed by atoms with Gasteiger partial charge in [0, 0.05) is 25.6 Å². The number of unbranched alkanes of at least 4 members (excludes halogenated alkanes) is 2. The molecule has 2 aliphatic carbocycles. The van der Waals surface area contributed by atoms with Crippen molar-refractivity contribution in [3.8, 4) is 0 Å². The quantitative estimate of drug-likeness (QED) is 0.699. The van der Waals surface area contributed by atoms with E-state index in [0.29, 0.717) is 32.3 Å². The summed E-state index contributed by atoms with van der Waals surface area (Å²) >= 11 is 0. The van der Waals surface area contributed by atoms with E-state index in [-0.39, 0.29) is 12.7 Å². The highest BCUT2D eigenvalue weighted by atomic mass is 19.2. The van der Waals surface area contributed by atoms with Crippen molar-refractivity contribution in [1.29, 1.82) is 0 Å². The van der Waals surface area contributed by atoms with Crippen molar-refractivity contribution in [3.05, 3.63) is 0 Å². The number of halogens is 3. The van der Waals surface area contributed by atoms with Crippen LogP contribution in [0.2, 0.25) is 0 Å². The summed E-state index contributed by atoms with van der Waals surface area (Å²) in [5.74, 6) is -1.58. The lowest BCUT2D eigenvalue weighted by molar-refractivity contribution is -0.0679. The van der Waals surface area contributed by atoms with Gasteiger partial charge in [-0.25, -0.2) is 13.2 Å². The molecule has 2 nitrogen and oxygen atoms in total.